The van der Waals surface area contributed by atoms with Crippen molar-refractivity contribution in [2.75, 3.05) is 0 Å². The maximum atomic E-state index is 13.5. The van der Waals surface area contributed by atoms with Crippen LogP contribution in [0, 0.1) is 5.92 Å². The summed E-state index contributed by atoms with van der Waals surface area (Å²) in [6, 6.07) is 13.3. The molecular weight excluding hydrogens is 594 g/mol. The van der Waals surface area contributed by atoms with Gasteiger partial charge >= 0.3 is 5.97 Å². The molecular formula is C32H45N7O7. The molecule has 2 rings (SSSR count). The largest absolute Gasteiger partial charge is 0.459 e. The summed E-state index contributed by atoms with van der Waals surface area (Å²) in [5.74, 6) is -4.73. The number of hydrogen-bond donors (Lipinski definition) is 7. The SMILES string of the molecule is CC(C)[C@H](NC(=O)[C@H](CC(N)=O)NC(=O)CCC(N)N)C(=O)N[C@@H](Cc1ccccc1)C(=O)N[C@@H](C)C(=O)OCc1ccccc1. The van der Waals surface area contributed by atoms with E-state index in [0.29, 0.717) is 0 Å². The van der Waals surface area contributed by atoms with Gasteiger partial charge in [-0.15, -0.1) is 0 Å². The van der Waals surface area contributed by atoms with Gasteiger partial charge in [0.1, 0.15) is 30.8 Å². The zero-order valence-corrected chi connectivity index (χ0v) is 26.4. The fraction of sp³-hybridized carbons (Fsp3) is 0.438. The molecule has 0 saturated heterocycles. The first kappa shape index (κ1) is 37.4. The number of nitrogens with two attached hydrogens (primary N) is 3. The molecule has 0 heterocycles. The van der Waals surface area contributed by atoms with Crippen LogP contribution < -0.4 is 38.5 Å². The minimum atomic E-state index is -1.36. The highest BCUT2D eigenvalue weighted by atomic mass is 16.5. The van der Waals surface area contributed by atoms with Crippen LogP contribution in [-0.4, -0.2) is 65.8 Å². The van der Waals surface area contributed by atoms with E-state index in [1.54, 1.807) is 56.3 Å². The summed E-state index contributed by atoms with van der Waals surface area (Å²) in [4.78, 5) is 76.7. The third-order valence-electron chi connectivity index (χ3n) is 6.86. The Hall–Kier alpha value is -4.82. The molecule has 0 fully saturated rings. The predicted molar refractivity (Wildman–Crippen MR) is 170 cm³/mol. The van der Waals surface area contributed by atoms with Gasteiger partial charge in [0.05, 0.1) is 12.6 Å². The summed E-state index contributed by atoms with van der Waals surface area (Å²) in [6.45, 7) is 4.84. The third kappa shape index (κ3) is 13.4. The second kappa shape index (κ2) is 18.9. The van der Waals surface area contributed by atoms with E-state index in [-0.39, 0.29) is 25.9 Å². The maximum absolute atomic E-state index is 13.5. The molecule has 46 heavy (non-hydrogen) atoms. The number of primary amides is 1. The summed E-state index contributed by atoms with van der Waals surface area (Å²) in [5.41, 5.74) is 17.8. The Bertz CT molecular complexity index is 1320. The third-order valence-corrected chi connectivity index (χ3v) is 6.86. The number of ether oxygens (including phenoxy) is 1. The van der Waals surface area contributed by atoms with E-state index < -0.39 is 78.2 Å². The lowest BCUT2D eigenvalue weighted by molar-refractivity contribution is -0.148. The number of carbonyl (C=O) groups excluding carboxylic acids is 6. The van der Waals surface area contributed by atoms with Crippen molar-refractivity contribution in [3.05, 3.63) is 71.8 Å². The fourth-order valence-corrected chi connectivity index (χ4v) is 4.31. The Morgan fingerprint density at radius 3 is 1.83 bits per heavy atom. The van der Waals surface area contributed by atoms with Gasteiger partial charge in [-0.2, -0.15) is 0 Å². The lowest BCUT2D eigenvalue weighted by Crippen LogP contribution is -2.59. The highest BCUT2D eigenvalue weighted by molar-refractivity contribution is 5.96. The predicted octanol–water partition coefficient (Wildman–Crippen LogP) is -0.513. The minimum Gasteiger partial charge on any atom is -0.459 e. The summed E-state index contributed by atoms with van der Waals surface area (Å²) in [7, 11) is 0. The lowest BCUT2D eigenvalue weighted by atomic mass is 10.00. The first-order valence-corrected chi connectivity index (χ1v) is 15.0. The average molecular weight is 640 g/mol. The molecule has 0 bridgehead atoms. The molecule has 14 nitrogen and oxygen atoms in total. The average Bonchev–Trinajstić information content (AvgIpc) is 3.01. The van der Waals surface area contributed by atoms with Gasteiger partial charge < -0.3 is 43.2 Å². The number of benzene rings is 2. The molecule has 0 saturated carbocycles. The van der Waals surface area contributed by atoms with Crippen molar-refractivity contribution in [2.24, 2.45) is 23.1 Å². The van der Waals surface area contributed by atoms with Crippen LogP contribution in [0.3, 0.4) is 0 Å². The molecule has 5 amide bonds. The summed E-state index contributed by atoms with van der Waals surface area (Å²) in [5, 5.41) is 10.3. The Balaban J connectivity index is 2.16. The molecule has 4 atom stereocenters. The molecule has 10 N–H and O–H groups in total. The van der Waals surface area contributed by atoms with Crippen molar-refractivity contribution in [1.29, 1.82) is 0 Å². The molecule has 0 aliphatic rings. The van der Waals surface area contributed by atoms with Crippen molar-refractivity contribution < 1.29 is 33.5 Å². The van der Waals surface area contributed by atoms with Crippen molar-refractivity contribution in [1.82, 2.24) is 21.3 Å². The molecule has 2 aromatic carbocycles. The number of nitrogens with one attached hydrogen (secondary N) is 4. The molecule has 250 valence electrons. The number of rotatable bonds is 18. The second-order valence-electron chi connectivity index (χ2n) is 11.3. The van der Waals surface area contributed by atoms with Crippen molar-refractivity contribution in [3.63, 3.8) is 0 Å². The Kier molecular flexibility index (Phi) is 15.3. The van der Waals surface area contributed by atoms with Crippen molar-refractivity contribution >= 4 is 35.5 Å². The number of carbonyl (C=O) groups is 6. The van der Waals surface area contributed by atoms with Crippen LogP contribution in [0.4, 0.5) is 0 Å². The van der Waals surface area contributed by atoms with E-state index in [1.165, 1.54) is 6.92 Å². The molecule has 0 unspecified atom stereocenters. The highest BCUT2D eigenvalue weighted by Crippen LogP contribution is 2.09. The Morgan fingerprint density at radius 2 is 1.28 bits per heavy atom. The van der Waals surface area contributed by atoms with Crippen LogP contribution in [0.2, 0.25) is 0 Å². The molecule has 2 aromatic rings. The first-order valence-electron chi connectivity index (χ1n) is 15.0. The van der Waals surface area contributed by atoms with Gasteiger partial charge in [-0.3, -0.25) is 24.0 Å². The number of esters is 1. The highest BCUT2D eigenvalue weighted by Gasteiger charge is 2.33. The van der Waals surface area contributed by atoms with Gasteiger partial charge in [-0.05, 0) is 30.4 Å². The van der Waals surface area contributed by atoms with Gasteiger partial charge in [0.15, 0.2) is 0 Å². The summed E-state index contributed by atoms with van der Waals surface area (Å²) < 4.78 is 5.32. The summed E-state index contributed by atoms with van der Waals surface area (Å²) >= 11 is 0. The van der Waals surface area contributed by atoms with E-state index in [1.807, 2.05) is 18.2 Å². The van der Waals surface area contributed by atoms with Crippen LogP contribution in [0.5, 0.6) is 0 Å². The van der Waals surface area contributed by atoms with E-state index in [0.717, 1.165) is 11.1 Å². The zero-order valence-electron chi connectivity index (χ0n) is 26.4. The molecule has 0 aliphatic carbocycles. The van der Waals surface area contributed by atoms with Gasteiger partial charge in [-0.25, -0.2) is 4.79 Å². The minimum absolute atomic E-state index is 0.0254. The Labute approximate surface area is 268 Å². The maximum Gasteiger partial charge on any atom is 0.328 e. The van der Waals surface area contributed by atoms with E-state index in [9.17, 15) is 28.8 Å². The Morgan fingerprint density at radius 1 is 0.717 bits per heavy atom. The number of amides is 5. The molecule has 0 radical (unpaired) electrons. The van der Waals surface area contributed by atoms with Gasteiger partial charge in [0.25, 0.3) is 0 Å². The fourth-order valence-electron chi connectivity index (χ4n) is 4.31. The first-order chi connectivity index (χ1) is 21.8. The monoisotopic (exact) mass is 639 g/mol. The van der Waals surface area contributed by atoms with E-state index >= 15 is 0 Å². The standard InChI is InChI=1S/C32H45N7O7/c1-19(2)28(39-30(43)24(17-26(35)40)37-27(41)15-14-25(33)34)31(44)38-23(16-21-10-6-4-7-11-21)29(42)36-20(3)32(45)46-18-22-12-8-5-9-13-22/h4-13,19-20,23-25,28H,14-18,33-34H2,1-3H3,(H2,35,40)(H,36,42)(H,37,41)(H,38,44)(H,39,43)/t20-,23-,24-,28-/m0/s1. The van der Waals surface area contributed by atoms with E-state index in [2.05, 4.69) is 21.3 Å². The molecule has 14 heteroatoms. The normalized spacial score (nSPS) is 13.5. The van der Waals surface area contributed by atoms with Crippen LogP contribution in [0.25, 0.3) is 0 Å². The van der Waals surface area contributed by atoms with Crippen LogP contribution in [-0.2, 0) is 46.5 Å². The smallest absolute Gasteiger partial charge is 0.328 e. The van der Waals surface area contributed by atoms with Gasteiger partial charge in [0.2, 0.25) is 29.5 Å². The van der Waals surface area contributed by atoms with Crippen LogP contribution >= 0.6 is 0 Å². The van der Waals surface area contributed by atoms with Gasteiger partial charge in [0, 0.05) is 12.8 Å². The van der Waals surface area contributed by atoms with Crippen LogP contribution in [0.15, 0.2) is 60.7 Å². The lowest BCUT2D eigenvalue weighted by Gasteiger charge is -2.27. The van der Waals surface area contributed by atoms with Crippen molar-refractivity contribution in [2.45, 2.75) is 83.4 Å². The quantitative estimate of drug-likeness (QED) is 0.0820. The summed E-state index contributed by atoms with van der Waals surface area (Å²) in [6.07, 6.45) is -1.14. The molecule has 0 spiro atoms. The van der Waals surface area contributed by atoms with Crippen LogP contribution in [0.1, 0.15) is 51.2 Å². The topological polar surface area (TPSA) is 238 Å². The molecule has 0 aromatic heterocycles. The zero-order chi connectivity index (χ0) is 34.2. The number of hydrogen-bond acceptors (Lipinski definition) is 9. The van der Waals surface area contributed by atoms with Gasteiger partial charge in [-0.1, -0.05) is 74.5 Å². The van der Waals surface area contributed by atoms with E-state index in [4.69, 9.17) is 21.9 Å². The second-order valence-corrected chi connectivity index (χ2v) is 11.3. The molecule has 0 aliphatic heterocycles. The van der Waals surface area contributed by atoms with Crippen molar-refractivity contribution in [3.8, 4) is 0 Å².